The molecule has 356 valence electrons. The number of likely N-dealkylation sites (tertiary alicyclic amines) is 2. The fourth-order valence-electron chi connectivity index (χ4n) is 9.42. The molecule has 4 aromatic carbocycles. The molecule has 10 heteroatoms. The molecule has 2 saturated heterocycles. The predicted octanol–water partition coefficient (Wildman–Crippen LogP) is 12.9. The lowest BCUT2D eigenvalue weighted by Crippen LogP contribution is -2.34. The van der Waals surface area contributed by atoms with Crippen LogP contribution in [0.5, 0.6) is 23.0 Å². The number of ether oxygens (including phenoxy) is 4. The van der Waals surface area contributed by atoms with E-state index in [4.69, 9.17) is 18.9 Å². The number of carbonyl (C=O) groups is 2. The van der Waals surface area contributed by atoms with Crippen LogP contribution in [0.2, 0.25) is 0 Å². The van der Waals surface area contributed by atoms with Crippen LogP contribution in [0.1, 0.15) is 124 Å². The molecule has 8 rings (SSSR count). The lowest BCUT2D eigenvalue weighted by molar-refractivity contribution is 0.0889. The molecule has 0 amide bonds. The summed E-state index contributed by atoms with van der Waals surface area (Å²) in [4.78, 5) is 30.9. The summed E-state index contributed by atoms with van der Waals surface area (Å²) in [5.74, 6) is 4.76. The Morgan fingerprint density at radius 3 is 1.08 bits per heavy atom. The third-order valence-corrected chi connectivity index (χ3v) is 12.6. The zero-order valence-electron chi connectivity index (χ0n) is 38.5. The van der Waals surface area contributed by atoms with Crippen molar-refractivity contribution in [2.75, 3.05) is 54.6 Å². The van der Waals surface area contributed by atoms with Crippen molar-refractivity contribution in [2.24, 2.45) is 23.7 Å². The smallest absolute Gasteiger partial charge is 0.166 e. The summed E-state index contributed by atoms with van der Waals surface area (Å²) >= 11 is 0. The second-order valence-electron chi connectivity index (χ2n) is 16.1. The van der Waals surface area contributed by atoms with E-state index in [0.29, 0.717) is 34.8 Å². The van der Waals surface area contributed by atoms with E-state index in [1.807, 2.05) is 52.0 Å². The maximum atomic E-state index is 12.9. The van der Waals surface area contributed by atoms with Gasteiger partial charge in [-0.25, -0.2) is 0 Å². The first-order valence-corrected chi connectivity index (χ1v) is 22.5. The highest BCUT2D eigenvalue weighted by Crippen LogP contribution is 2.41. The molecule has 4 aromatic rings. The van der Waals surface area contributed by atoms with Crippen LogP contribution in [0, 0.1) is 23.7 Å². The SMILES string of the molecule is C.C.CC.CC.COc1cc2c(cc1OC)C(=O)C(CC1CCN(Cc3ccccc3)CC1)C2.COc1cc2c(cc1OC)C(=O)C(CC1CCN(Cc3ccccc3)CC1)C2.Cl.Cl. The van der Waals surface area contributed by atoms with E-state index in [1.165, 1.54) is 36.8 Å². The summed E-state index contributed by atoms with van der Waals surface area (Å²) in [6, 6.07) is 29.0. The van der Waals surface area contributed by atoms with Gasteiger partial charge in [-0.15, -0.1) is 24.8 Å². The molecule has 0 aromatic heterocycles. The summed E-state index contributed by atoms with van der Waals surface area (Å²) in [6.07, 6.45) is 8.38. The van der Waals surface area contributed by atoms with E-state index in [0.717, 1.165) is 87.2 Å². The average Bonchev–Trinajstić information content (AvgIpc) is 3.78. The van der Waals surface area contributed by atoms with E-state index in [9.17, 15) is 9.59 Å². The van der Waals surface area contributed by atoms with E-state index >= 15 is 0 Å². The van der Waals surface area contributed by atoms with Crippen LogP contribution in [-0.2, 0) is 25.9 Å². The molecule has 0 bridgehead atoms. The molecule has 8 nitrogen and oxygen atoms in total. The van der Waals surface area contributed by atoms with Crippen molar-refractivity contribution < 1.29 is 28.5 Å². The van der Waals surface area contributed by atoms with Crippen LogP contribution in [0.3, 0.4) is 0 Å². The van der Waals surface area contributed by atoms with E-state index in [-0.39, 0.29) is 63.1 Å². The Bertz CT molecular complexity index is 1810. The average molecular weight is 924 g/mol. The van der Waals surface area contributed by atoms with Crippen LogP contribution >= 0.6 is 24.8 Å². The standard InChI is InChI=1S/2C24H29NO3.2C2H6.2CH4.2ClH/c2*1-27-22-14-19-13-20(24(26)21(19)15-23(22)28-2)12-17-8-10-25(11-9-17)16-18-6-4-3-5-7-18;2*1-2;;;;/h2*3-7,14-15,17,20H,8-13,16H2,1-2H3;2*1-2H3;2*1H4;2*1H. The molecule has 2 fully saturated rings. The highest BCUT2D eigenvalue weighted by atomic mass is 35.5. The van der Waals surface area contributed by atoms with Crippen LogP contribution in [0.15, 0.2) is 84.9 Å². The number of carbonyl (C=O) groups excluding carboxylic acids is 2. The van der Waals surface area contributed by atoms with Gasteiger partial charge in [0.2, 0.25) is 0 Å². The Balaban J connectivity index is 0.000000561. The van der Waals surface area contributed by atoms with Crippen LogP contribution in [0.4, 0.5) is 0 Å². The molecule has 0 saturated carbocycles. The van der Waals surface area contributed by atoms with Gasteiger partial charge in [-0.05, 0) is 136 Å². The van der Waals surface area contributed by atoms with Gasteiger partial charge in [0.15, 0.2) is 34.6 Å². The van der Waals surface area contributed by atoms with Gasteiger partial charge in [-0.2, -0.15) is 0 Å². The number of ketones is 2. The maximum absolute atomic E-state index is 12.9. The first-order chi connectivity index (χ1) is 29.3. The van der Waals surface area contributed by atoms with Crippen LogP contribution < -0.4 is 18.9 Å². The molecular weight excluding hydrogens is 844 g/mol. The molecular formula is C54H80Cl2N2O6. The third-order valence-electron chi connectivity index (χ3n) is 12.6. The molecule has 2 aliphatic carbocycles. The minimum absolute atomic E-state index is 0. The van der Waals surface area contributed by atoms with E-state index in [2.05, 4.69) is 70.5 Å². The second-order valence-corrected chi connectivity index (χ2v) is 16.1. The van der Waals surface area contributed by atoms with E-state index < -0.39 is 0 Å². The third kappa shape index (κ3) is 15.0. The Labute approximate surface area is 399 Å². The Morgan fingerprint density at radius 1 is 0.484 bits per heavy atom. The maximum Gasteiger partial charge on any atom is 0.166 e. The van der Waals surface area contributed by atoms with Crippen LogP contribution in [-0.4, -0.2) is 76.0 Å². The molecule has 64 heavy (non-hydrogen) atoms. The van der Waals surface area contributed by atoms with Crippen molar-refractivity contribution in [1.82, 2.24) is 9.80 Å². The largest absolute Gasteiger partial charge is 0.493 e. The fraction of sp³-hybridized carbons (Fsp3) is 0.519. The number of rotatable bonds is 12. The van der Waals surface area contributed by atoms with Gasteiger partial charge in [-0.1, -0.05) is 103 Å². The van der Waals surface area contributed by atoms with Gasteiger partial charge in [0, 0.05) is 36.1 Å². The van der Waals surface area contributed by atoms with Gasteiger partial charge in [0.25, 0.3) is 0 Å². The van der Waals surface area contributed by atoms with Crippen molar-refractivity contribution >= 4 is 36.4 Å². The Kier molecular flexibility index (Phi) is 26.7. The molecule has 2 atom stereocenters. The lowest BCUT2D eigenvalue weighted by Gasteiger charge is -2.32. The molecule has 2 aliphatic heterocycles. The lowest BCUT2D eigenvalue weighted by atomic mass is 9.85. The first-order valence-electron chi connectivity index (χ1n) is 22.5. The van der Waals surface area contributed by atoms with Crippen molar-refractivity contribution in [3.8, 4) is 23.0 Å². The minimum Gasteiger partial charge on any atom is -0.493 e. The summed E-state index contributed by atoms with van der Waals surface area (Å²) in [5.41, 5.74) is 6.62. The normalized spacial score (nSPS) is 17.9. The summed E-state index contributed by atoms with van der Waals surface area (Å²) in [5, 5.41) is 0. The topological polar surface area (TPSA) is 77.5 Å². The molecule has 2 unspecified atom stereocenters. The number of hydrogen-bond donors (Lipinski definition) is 0. The van der Waals surface area contributed by atoms with Crippen molar-refractivity contribution in [1.29, 1.82) is 0 Å². The van der Waals surface area contributed by atoms with E-state index in [1.54, 1.807) is 28.4 Å². The number of hydrogen-bond acceptors (Lipinski definition) is 8. The Hall–Kier alpha value is -4.08. The van der Waals surface area contributed by atoms with Crippen LogP contribution in [0.25, 0.3) is 0 Å². The van der Waals surface area contributed by atoms with Gasteiger partial charge < -0.3 is 18.9 Å². The fourth-order valence-corrected chi connectivity index (χ4v) is 9.42. The molecule has 2 heterocycles. The van der Waals surface area contributed by atoms with Gasteiger partial charge >= 0.3 is 0 Å². The number of nitrogens with zero attached hydrogens (tertiary/aromatic N) is 2. The van der Waals surface area contributed by atoms with Gasteiger partial charge in [0.1, 0.15) is 0 Å². The minimum atomic E-state index is 0. The summed E-state index contributed by atoms with van der Waals surface area (Å²) in [7, 11) is 6.51. The number of piperidine rings is 2. The highest BCUT2D eigenvalue weighted by Gasteiger charge is 2.36. The first kappa shape index (κ1) is 57.9. The van der Waals surface area contributed by atoms with Gasteiger partial charge in [0.05, 0.1) is 28.4 Å². The van der Waals surface area contributed by atoms with Crippen molar-refractivity contribution in [3.05, 3.63) is 118 Å². The van der Waals surface area contributed by atoms with Crippen molar-refractivity contribution in [2.45, 2.75) is 107 Å². The van der Waals surface area contributed by atoms with Gasteiger partial charge in [-0.3, -0.25) is 19.4 Å². The van der Waals surface area contributed by atoms with Crippen molar-refractivity contribution in [3.63, 3.8) is 0 Å². The number of Topliss-reactive ketones (excluding diaryl/α,β-unsaturated/α-hetero) is 2. The number of methoxy groups -OCH3 is 4. The molecule has 4 aliphatic rings. The quantitative estimate of drug-likeness (QED) is 0.139. The monoisotopic (exact) mass is 923 g/mol. The summed E-state index contributed by atoms with van der Waals surface area (Å²) < 4.78 is 21.5. The summed E-state index contributed by atoms with van der Waals surface area (Å²) in [6.45, 7) is 14.5. The highest BCUT2D eigenvalue weighted by molar-refractivity contribution is 6.03. The number of benzene rings is 4. The number of halogens is 2. The molecule has 0 spiro atoms. The zero-order valence-corrected chi connectivity index (χ0v) is 40.1. The Morgan fingerprint density at radius 2 is 0.781 bits per heavy atom. The predicted molar refractivity (Wildman–Crippen MR) is 271 cm³/mol. The second kappa shape index (κ2) is 29.5. The molecule has 0 N–H and O–H groups in total. The number of fused-ring (bicyclic) bond motifs is 2. The molecule has 0 radical (unpaired) electrons. The zero-order chi connectivity index (χ0) is 43.0.